The molecule has 2 aromatic heterocycles. The molecule has 0 unspecified atom stereocenters. The second kappa shape index (κ2) is 7.84. The van der Waals surface area contributed by atoms with E-state index in [-0.39, 0.29) is 23.4 Å². The number of ketones is 2. The molecule has 0 saturated carbocycles. The smallest absolute Gasteiger partial charge is 0.227 e. The fourth-order valence-electron chi connectivity index (χ4n) is 4.60. The van der Waals surface area contributed by atoms with Crippen molar-refractivity contribution in [1.82, 2.24) is 25.3 Å². The maximum Gasteiger partial charge on any atom is 0.227 e. The molecule has 1 fully saturated rings. The number of nitrogens with zero attached hydrogens (tertiary/aromatic N) is 6. The summed E-state index contributed by atoms with van der Waals surface area (Å²) < 4.78 is 1.38. The average Bonchev–Trinajstić information content (AvgIpc) is 3.35. The monoisotopic (exact) mass is 453 g/mol. The molecule has 168 valence electrons. The van der Waals surface area contributed by atoms with E-state index in [0.717, 1.165) is 5.82 Å². The highest BCUT2D eigenvalue weighted by Crippen LogP contribution is 2.30. The Labute approximate surface area is 193 Å². The minimum Gasteiger partial charge on any atom is -0.355 e. The molecule has 10 heteroatoms. The van der Waals surface area contributed by atoms with Crippen LogP contribution in [-0.4, -0.2) is 55.8 Å². The number of carbonyl (C=O) groups is 3. The van der Waals surface area contributed by atoms with Crippen LogP contribution in [0.5, 0.6) is 0 Å². The lowest BCUT2D eigenvalue weighted by Crippen LogP contribution is -2.38. The number of rotatable bonds is 3. The summed E-state index contributed by atoms with van der Waals surface area (Å²) in [7, 11) is 0. The average molecular weight is 453 g/mol. The normalized spacial score (nSPS) is 15.8. The van der Waals surface area contributed by atoms with Crippen LogP contribution in [0.25, 0.3) is 5.65 Å². The van der Waals surface area contributed by atoms with Crippen molar-refractivity contribution in [3.63, 3.8) is 0 Å². The van der Waals surface area contributed by atoms with E-state index in [2.05, 4.69) is 30.8 Å². The van der Waals surface area contributed by atoms with Crippen molar-refractivity contribution in [3.8, 4) is 0 Å². The van der Waals surface area contributed by atoms with Crippen LogP contribution >= 0.6 is 0 Å². The second-order valence-corrected chi connectivity index (χ2v) is 8.43. The zero-order chi connectivity index (χ0) is 23.2. The number of benzene rings is 2. The third-order valence-corrected chi connectivity index (χ3v) is 6.44. The van der Waals surface area contributed by atoms with Gasteiger partial charge in [-0.25, -0.2) is 0 Å². The molecule has 0 spiro atoms. The van der Waals surface area contributed by atoms with E-state index in [1.54, 1.807) is 42.5 Å². The summed E-state index contributed by atoms with van der Waals surface area (Å²) in [6, 6.07) is 15.4. The van der Waals surface area contributed by atoms with Gasteiger partial charge in [0.05, 0.1) is 0 Å². The van der Waals surface area contributed by atoms with Gasteiger partial charge in [0.1, 0.15) is 0 Å². The molecule has 2 aliphatic rings. The molecule has 0 atom stereocenters. The summed E-state index contributed by atoms with van der Waals surface area (Å²) in [6.07, 6.45) is 1.33. The lowest BCUT2D eigenvalue weighted by atomic mass is 9.84. The number of nitrogens with one attached hydrogen (secondary N) is 1. The summed E-state index contributed by atoms with van der Waals surface area (Å²) in [4.78, 5) is 40.8. The zero-order valence-corrected chi connectivity index (χ0v) is 18.0. The summed E-state index contributed by atoms with van der Waals surface area (Å²) in [5.74, 6) is 0.114. The number of fused-ring (bicyclic) bond motifs is 3. The van der Waals surface area contributed by atoms with Gasteiger partial charge in [0, 0.05) is 46.9 Å². The maximum atomic E-state index is 12.9. The molecule has 1 amide bonds. The highest BCUT2D eigenvalue weighted by atomic mass is 16.2. The summed E-state index contributed by atoms with van der Waals surface area (Å²) in [5.41, 5.74) is 2.58. The molecule has 4 aromatic rings. The Morgan fingerprint density at radius 2 is 1.59 bits per heavy atom. The number of amides is 1. The van der Waals surface area contributed by atoms with Gasteiger partial charge in [0.25, 0.3) is 0 Å². The van der Waals surface area contributed by atoms with Crippen molar-refractivity contribution in [2.75, 3.05) is 23.3 Å². The fourth-order valence-corrected chi connectivity index (χ4v) is 4.60. The van der Waals surface area contributed by atoms with Crippen molar-refractivity contribution < 1.29 is 14.4 Å². The molecular weight excluding hydrogens is 434 g/mol. The van der Waals surface area contributed by atoms with Crippen LogP contribution in [0, 0.1) is 5.92 Å². The number of aromatic nitrogens is 5. The second-order valence-electron chi connectivity index (χ2n) is 8.43. The van der Waals surface area contributed by atoms with Gasteiger partial charge in [-0.05, 0) is 53.6 Å². The SMILES string of the molecule is O=C1c2ccccc2C(=O)c2cc(NC(=O)C3CCN(c4ccc5nnnn5n4)CC3)ccc21. The minimum atomic E-state index is -0.207. The predicted molar refractivity (Wildman–Crippen MR) is 122 cm³/mol. The van der Waals surface area contributed by atoms with Crippen molar-refractivity contribution in [3.05, 3.63) is 76.9 Å². The highest BCUT2D eigenvalue weighted by molar-refractivity contribution is 6.28. The molecule has 1 saturated heterocycles. The Hall–Kier alpha value is -4.47. The summed E-state index contributed by atoms with van der Waals surface area (Å²) in [6.45, 7) is 1.35. The topological polar surface area (TPSA) is 122 Å². The molecule has 2 aromatic carbocycles. The van der Waals surface area contributed by atoms with Gasteiger partial charge in [0.2, 0.25) is 5.91 Å². The Bertz CT molecular complexity index is 1470. The van der Waals surface area contributed by atoms with E-state index in [1.807, 2.05) is 12.1 Å². The predicted octanol–water partition coefficient (Wildman–Crippen LogP) is 2.15. The molecule has 10 nitrogen and oxygen atoms in total. The van der Waals surface area contributed by atoms with Gasteiger partial charge in [-0.15, -0.1) is 14.8 Å². The fraction of sp³-hybridized carbons (Fsp3) is 0.208. The Kier molecular flexibility index (Phi) is 4.65. The van der Waals surface area contributed by atoms with E-state index in [1.165, 1.54) is 4.63 Å². The Morgan fingerprint density at radius 1 is 0.882 bits per heavy atom. The van der Waals surface area contributed by atoms with E-state index in [0.29, 0.717) is 59.5 Å². The first-order valence-corrected chi connectivity index (χ1v) is 11.0. The van der Waals surface area contributed by atoms with Crippen molar-refractivity contribution in [2.24, 2.45) is 5.92 Å². The van der Waals surface area contributed by atoms with Gasteiger partial charge >= 0.3 is 0 Å². The van der Waals surface area contributed by atoms with E-state index < -0.39 is 0 Å². The number of anilines is 2. The molecule has 0 bridgehead atoms. The Balaban J connectivity index is 1.14. The molecule has 1 N–H and O–H groups in total. The lowest BCUT2D eigenvalue weighted by Gasteiger charge is -2.31. The molecule has 6 rings (SSSR count). The molecule has 1 aliphatic carbocycles. The molecular formula is C24H19N7O3. The summed E-state index contributed by atoms with van der Waals surface area (Å²) in [5, 5.41) is 18.6. The van der Waals surface area contributed by atoms with Crippen molar-refractivity contribution in [2.45, 2.75) is 12.8 Å². The van der Waals surface area contributed by atoms with Crippen LogP contribution in [-0.2, 0) is 4.79 Å². The minimum absolute atomic E-state index is 0.0986. The van der Waals surface area contributed by atoms with Crippen molar-refractivity contribution in [1.29, 1.82) is 0 Å². The van der Waals surface area contributed by atoms with Gasteiger partial charge in [0.15, 0.2) is 23.0 Å². The van der Waals surface area contributed by atoms with E-state index in [9.17, 15) is 14.4 Å². The van der Waals surface area contributed by atoms with Crippen LogP contribution in [0.4, 0.5) is 11.5 Å². The first kappa shape index (κ1) is 20.2. The van der Waals surface area contributed by atoms with E-state index in [4.69, 9.17) is 0 Å². The number of tetrazole rings is 1. The van der Waals surface area contributed by atoms with Gasteiger partial charge in [-0.1, -0.05) is 24.3 Å². The molecule has 34 heavy (non-hydrogen) atoms. The van der Waals surface area contributed by atoms with Crippen LogP contribution < -0.4 is 10.2 Å². The third kappa shape index (κ3) is 3.31. The summed E-state index contributed by atoms with van der Waals surface area (Å²) >= 11 is 0. The molecule has 1 aliphatic heterocycles. The number of carbonyl (C=O) groups excluding carboxylic acids is 3. The van der Waals surface area contributed by atoms with Gasteiger partial charge in [-0.2, -0.15) is 0 Å². The number of hydrogen-bond acceptors (Lipinski definition) is 8. The lowest BCUT2D eigenvalue weighted by molar-refractivity contribution is -0.120. The van der Waals surface area contributed by atoms with Crippen LogP contribution in [0.15, 0.2) is 54.6 Å². The number of piperidine rings is 1. The largest absolute Gasteiger partial charge is 0.355 e. The quantitative estimate of drug-likeness (QED) is 0.441. The highest BCUT2D eigenvalue weighted by Gasteiger charge is 2.30. The first-order valence-electron chi connectivity index (χ1n) is 11.0. The van der Waals surface area contributed by atoms with Gasteiger partial charge in [-0.3, -0.25) is 14.4 Å². The standard InChI is InChI=1S/C24H19N7O3/c32-22-16-3-1-2-4-17(16)23(33)19-13-15(5-6-18(19)22)25-24(34)14-9-11-30(12-10-14)21-8-7-20-26-28-29-31(20)27-21/h1-8,13-14H,9-12H2,(H,25,34). The van der Waals surface area contributed by atoms with Crippen molar-refractivity contribution >= 4 is 34.6 Å². The van der Waals surface area contributed by atoms with Crippen LogP contribution in [0.3, 0.4) is 0 Å². The molecule has 3 heterocycles. The van der Waals surface area contributed by atoms with E-state index >= 15 is 0 Å². The number of hydrogen-bond donors (Lipinski definition) is 1. The van der Waals surface area contributed by atoms with Crippen LogP contribution in [0.2, 0.25) is 0 Å². The third-order valence-electron chi connectivity index (χ3n) is 6.44. The first-order chi connectivity index (χ1) is 16.6. The van der Waals surface area contributed by atoms with Crippen LogP contribution in [0.1, 0.15) is 44.7 Å². The molecule has 0 radical (unpaired) electrons. The maximum absolute atomic E-state index is 12.9. The zero-order valence-electron chi connectivity index (χ0n) is 18.0. The Morgan fingerprint density at radius 3 is 2.35 bits per heavy atom. The van der Waals surface area contributed by atoms with Gasteiger partial charge < -0.3 is 10.2 Å².